The highest BCUT2D eigenvalue weighted by molar-refractivity contribution is 6.11. The van der Waals surface area contributed by atoms with E-state index in [1.165, 1.54) is 48.5 Å². The van der Waals surface area contributed by atoms with E-state index in [-0.39, 0.29) is 22.3 Å². The number of carboxylic acids is 4. The zero-order valence-electron chi connectivity index (χ0n) is 44.0. The third kappa shape index (κ3) is 10.4. The molecule has 16 heteroatoms. The van der Waals surface area contributed by atoms with E-state index in [9.17, 15) is 39.6 Å². The summed E-state index contributed by atoms with van der Waals surface area (Å²) < 4.78 is 1.95. The number of hydrogen-bond acceptors (Lipinski definition) is 8. The van der Waals surface area contributed by atoms with E-state index in [4.69, 9.17) is 9.97 Å². The van der Waals surface area contributed by atoms with E-state index >= 15 is 0 Å². The molecular formula is C68H44N8O8. The van der Waals surface area contributed by atoms with Crippen LogP contribution in [0.1, 0.15) is 87.0 Å². The zero-order chi connectivity index (χ0) is 57.6. The minimum atomic E-state index is -1.12. The molecule has 0 aliphatic carbocycles. The molecule has 0 saturated carbocycles. The maximum absolute atomic E-state index is 12.1. The second kappa shape index (κ2) is 21.2. The number of aromatic nitrogens is 8. The molecule has 6 aromatic heterocycles. The van der Waals surface area contributed by atoms with Crippen LogP contribution in [0.5, 0.6) is 0 Å². The predicted octanol–water partition coefficient (Wildman–Crippen LogP) is 14.6. The number of H-pyrrole nitrogens is 3. The van der Waals surface area contributed by atoms with E-state index in [0.29, 0.717) is 72.9 Å². The Balaban J connectivity index is 0.000000226. The third-order valence-electron chi connectivity index (χ3n) is 14.3. The van der Waals surface area contributed by atoms with Crippen molar-refractivity contribution in [2.24, 2.45) is 0 Å². The van der Waals surface area contributed by atoms with Crippen molar-refractivity contribution < 1.29 is 39.6 Å². The Morgan fingerprint density at radius 1 is 0.310 bits per heavy atom. The maximum atomic E-state index is 12.1. The summed E-state index contributed by atoms with van der Waals surface area (Å²) in [7, 11) is 0. The highest BCUT2D eigenvalue weighted by Gasteiger charge is 2.27. The summed E-state index contributed by atoms with van der Waals surface area (Å²) in [5, 5.41) is 39.6. The lowest BCUT2D eigenvalue weighted by atomic mass is 9.92. The number of aromatic carboxylic acids is 4. The Hall–Kier alpha value is -12.0. The molecule has 0 radical (unpaired) electrons. The fourth-order valence-corrected chi connectivity index (χ4v) is 10.5. The molecule has 0 atom stereocenters. The summed E-state index contributed by atoms with van der Waals surface area (Å²) in [6, 6.07) is 51.4. The molecule has 7 N–H and O–H groups in total. The number of nitrogens with zero attached hydrogens (tertiary/aromatic N) is 5. The predicted molar refractivity (Wildman–Crippen MR) is 327 cm³/mol. The topological polar surface area (TPSA) is 253 Å². The quantitative estimate of drug-likeness (QED) is 0.0750. The largest absolute Gasteiger partial charge is 0.478 e. The van der Waals surface area contributed by atoms with Gasteiger partial charge in [0.05, 0.1) is 78.8 Å². The lowest BCUT2D eigenvalue weighted by Gasteiger charge is -2.14. The molecule has 0 amide bonds. The van der Waals surface area contributed by atoms with Gasteiger partial charge in [0.2, 0.25) is 0 Å². The van der Waals surface area contributed by atoms with Gasteiger partial charge in [-0.2, -0.15) is 0 Å². The number of rotatable bonds is 8. The first-order valence-corrected chi connectivity index (χ1v) is 26.4. The number of carbonyl (C=O) groups is 4. The molecule has 14 rings (SSSR count). The second-order valence-electron chi connectivity index (χ2n) is 20.0. The van der Waals surface area contributed by atoms with E-state index in [2.05, 4.69) is 49.2 Å². The van der Waals surface area contributed by atoms with Crippen molar-refractivity contribution in [3.63, 3.8) is 0 Å². The highest BCUT2D eigenvalue weighted by Crippen LogP contribution is 2.47. The first-order valence-electron chi connectivity index (χ1n) is 26.4. The molecule has 0 unspecified atom stereocenters. The fraction of sp³-hybridized carbons (Fsp3) is 0. The number of hydrogen-bond donors (Lipinski definition) is 7. The number of benzene rings is 4. The van der Waals surface area contributed by atoms with Gasteiger partial charge in [-0.25, -0.2) is 39.1 Å². The maximum Gasteiger partial charge on any atom is 0.335 e. The first kappa shape index (κ1) is 51.4. The lowest BCUT2D eigenvalue weighted by molar-refractivity contribution is 0.0686. The first-order chi connectivity index (χ1) is 40.8. The molecule has 16 bridgehead atoms. The summed E-state index contributed by atoms with van der Waals surface area (Å²) in [6.07, 6.45) is 15.6. The Bertz CT molecular complexity index is 4710. The molecule has 10 heterocycles. The van der Waals surface area contributed by atoms with Gasteiger partial charge in [-0.05, 0) is 205 Å². The van der Waals surface area contributed by atoms with Crippen molar-refractivity contribution in [3.05, 3.63) is 244 Å². The van der Waals surface area contributed by atoms with Gasteiger partial charge in [-0.15, -0.1) is 0 Å². The van der Waals surface area contributed by atoms with Gasteiger partial charge in [-0.1, -0.05) is 36.4 Å². The Morgan fingerprint density at radius 2 is 0.595 bits per heavy atom. The molecule has 4 aliphatic rings. The van der Waals surface area contributed by atoms with Crippen molar-refractivity contribution in [1.29, 1.82) is 0 Å². The van der Waals surface area contributed by atoms with Crippen LogP contribution >= 0.6 is 0 Å². The minimum absolute atomic E-state index is 0.0529. The van der Waals surface area contributed by atoms with E-state index in [1.807, 2.05) is 108 Å². The van der Waals surface area contributed by atoms with Gasteiger partial charge in [0.25, 0.3) is 0 Å². The number of nitrogens with one attached hydrogen (secondary N) is 3. The molecule has 16 nitrogen and oxygen atoms in total. The lowest BCUT2D eigenvalue weighted by Crippen LogP contribution is -2.00. The van der Waals surface area contributed by atoms with E-state index in [1.54, 1.807) is 48.5 Å². The second-order valence-corrected chi connectivity index (χ2v) is 20.0. The van der Waals surface area contributed by atoms with Crippen LogP contribution in [-0.2, 0) is 0 Å². The summed E-state index contributed by atoms with van der Waals surface area (Å²) in [5.41, 5.74) is 17.2. The molecule has 10 aromatic rings. The standard InChI is InChI=1S/C48H30N4O8.C20H14N4/c53-45(54)29-7-1-26(2-8-29)41-39-22-19-36(51-39)24-35-16-15-33(49-35)23-34-17-18-37(50-34)25-40-42(27-3-9-30(10-4-27)46(55)56)43(28-5-11-31(12-6-28)47(57)58)44(41)52(40)38-20-13-32(14-21-38)48(59)60;1-2-14-10-16-5-6-18(23-16)12-20-8-7-19(24-20)11-17-4-3-15(22-17)9-13(1)21-14/h1-25,49H,(H,53,54)(H,55,56)(H,57,58)(H,59,60);1-12,21,24H. The molecule has 4 aromatic carbocycles. The molecule has 0 fully saturated rings. The monoisotopic (exact) mass is 1100 g/mol. The van der Waals surface area contributed by atoms with Gasteiger partial charge in [0.1, 0.15) is 0 Å². The van der Waals surface area contributed by atoms with Crippen LogP contribution in [0.15, 0.2) is 176 Å². The molecule has 4 aliphatic heterocycles. The summed E-state index contributed by atoms with van der Waals surface area (Å²) in [6.45, 7) is 0. The van der Waals surface area contributed by atoms with Gasteiger partial charge < -0.3 is 39.9 Å². The van der Waals surface area contributed by atoms with Crippen LogP contribution in [0.4, 0.5) is 0 Å². The summed E-state index contributed by atoms with van der Waals surface area (Å²) in [4.78, 5) is 77.9. The molecule has 404 valence electrons. The Morgan fingerprint density at radius 3 is 0.940 bits per heavy atom. The van der Waals surface area contributed by atoms with Crippen molar-refractivity contribution in [3.8, 4) is 39.1 Å². The van der Waals surface area contributed by atoms with Crippen LogP contribution in [0.3, 0.4) is 0 Å². The van der Waals surface area contributed by atoms with E-state index < -0.39 is 23.9 Å². The van der Waals surface area contributed by atoms with Crippen LogP contribution in [-0.4, -0.2) is 83.8 Å². The summed E-state index contributed by atoms with van der Waals surface area (Å²) >= 11 is 0. The average molecular weight is 1100 g/mol. The SMILES string of the molecule is C1=Cc2cc3ccc(cc4nc(cc5ccc(cc1n2)[nH]5)C=C4)[nH]3.O=C(O)c1ccc(-c2c(-c3ccc(C(=O)O)cc3)c3c(-c4ccc(C(=O)O)cc4)c4nc(cc5ccc(cc6nc(cc2n3-c2ccc(C(=O)O)cc2)C=C6)[nH]5)C=C4)cc1. The minimum Gasteiger partial charge on any atom is -0.478 e. The normalized spacial score (nSPS) is 12.0. The molecule has 0 spiro atoms. The van der Waals surface area contributed by atoms with Crippen molar-refractivity contribution in [1.82, 2.24) is 39.5 Å². The van der Waals surface area contributed by atoms with E-state index in [0.717, 1.165) is 55.9 Å². The van der Waals surface area contributed by atoms with Crippen LogP contribution in [0.2, 0.25) is 0 Å². The van der Waals surface area contributed by atoms with Crippen molar-refractivity contribution >= 4 is 117 Å². The van der Waals surface area contributed by atoms with Crippen molar-refractivity contribution in [2.45, 2.75) is 0 Å². The molecular weight excluding hydrogens is 1060 g/mol. The summed E-state index contributed by atoms with van der Waals surface area (Å²) in [5.74, 6) is -4.45. The van der Waals surface area contributed by atoms with Gasteiger partial charge >= 0.3 is 23.9 Å². The third-order valence-corrected chi connectivity index (χ3v) is 14.3. The molecule has 84 heavy (non-hydrogen) atoms. The van der Waals surface area contributed by atoms with Gasteiger partial charge in [0, 0.05) is 55.5 Å². The smallest absolute Gasteiger partial charge is 0.335 e. The zero-order valence-corrected chi connectivity index (χ0v) is 44.0. The van der Waals surface area contributed by atoms with Crippen LogP contribution in [0.25, 0.3) is 132 Å². The van der Waals surface area contributed by atoms with Crippen LogP contribution < -0.4 is 0 Å². The fourth-order valence-electron chi connectivity index (χ4n) is 10.5. The Kier molecular flexibility index (Phi) is 13.0. The Labute approximate surface area is 476 Å². The van der Waals surface area contributed by atoms with Gasteiger partial charge in [0.15, 0.2) is 0 Å². The van der Waals surface area contributed by atoms with Crippen LogP contribution in [0, 0.1) is 0 Å². The molecule has 0 saturated heterocycles. The number of fused-ring (bicyclic) bond motifs is 16. The van der Waals surface area contributed by atoms with Gasteiger partial charge in [-0.3, -0.25) is 0 Å². The highest BCUT2D eigenvalue weighted by atomic mass is 16.4. The van der Waals surface area contributed by atoms with Crippen molar-refractivity contribution in [2.75, 3.05) is 0 Å². The average Bonchev–Trinajstić information content (AvgIpc) is 1.80. The number of aromatic amines is 3. The number of carboxylic acid groups (broad SMARTS) is 4.